The van der Waals surface area contributed by atoms with Crippen LogP contribution >= 0.6 is 0 Å². The predicted molar refractivity (Wildman–Crippen MR) is 159 cm³/mol. The van der Waals surface area contributed by atoms with Crippen molar-refractivity contribution >= 4 is 5.78 Å². The first-order chi connectivity index (χ1) is 20.7. The number of ketones is 1. The molecule has 3 unspecified atom stereocenters. The molecule has 12 heteroatoms. The molecule has 1 aliphatic heterocycles. The second-order valence-electron chi connectivity index (χ2n) is 16.0. The number of allylic oxidation sites excluding steroid dienone is 1. The van der Waals surface area contributed by atoms with Gasteiger partial charge in [-0.05, 0) is 101 Å². The van der Waals surface area contributed by atoms with Crippen LogP contribution in [0.3, 0.4) is 0 Å². The van der Waals surface area contributed by atoms with E-state index >= 15 is 0 Å². The molecule has 12 nitrogen and oxygen atoms in total. The summed E-state index contributed by atoms with van der Waals surface area (Å²) in [5, 5.41) is 97.1. The number of fused-ring (bicyclic) bond motifs is 5. The van der Waals surface area contributed by atoms with E-state index in [-0.39, 0.29) is 31.0 Å². The van der Waals surface area contributed by atoms with Crippen LogP contribution in [-0.2, 0) is 14.3 Å². The lowest BCUT2D eigenvalue weighted by molar-refractivity contribution is -0.322. The Morgan fingerprint density at radius 3 is 2.31 bits per heavy atom. The normalized spacial score (nSPS) is 48.9. The minimum absolute atomic E-state index is 0.103. The summed E-state index contributed by atoms with van der Waals surface area (Å²) in [6, 6.07) is 0. The van der Waals surface area contributed by atoms with Crippen LogP contribution < -0.4 is 0 Å². The fourth-order valence-corrected chi connectivity index (χ4v) is 9.81. The number of carbonyl (C=O) groups is 1. The number of aliphatic hydroxyl groups is 9. The van der Waals surface area contributed by atoms with E-state index in [0.717, 1.165) is 0 Å². The Hall–Kier alpha value is -1.03. The number of aliphatic hydroxyl groups excluding tert-OH is 6. The summed E-state index contributed by atoms with van der Waals surface area (Å²) in [6.07, 6.45) is -6.38. The summed E-state index contributed by atoms with van der Waals surface area (Å²) >= 11 is 0. The Morgan fingerprint density at radius 1 is 1.02 bits per heavy atom. The summed E-state index contributed by atoms with van der Waals surface area (Å²) in [4.78, 5) is 13.9. The topological polar surface area (TPSA) is 218 Å². The zero-order valence-electron chi connectivity index (χ0n) is 27.0. The first-order valence-corrected chi connectivity index (χ1v) is 16.5. The molecule has 258 valence electrons. The highest BCUT2D eigenvalue weighted by atomic mass is 16.7. The molecule has 4 aliphatic carbocycles. The average molecular weight is 643 g/mol. The smallest absolute Gasteiger partial charge is 0.187 e. The monoisotopic (exact) mass is 642 g/mol. The maximum Gasteiger partial charge on any atom is 0.187 e. The average Bonchev–Trinajstić information content (AvgIpc) is 3.24. The molecule has 9 N–H and O–H groups in total. The van der Waals surface area contributed by atoms with Gasteiger partial charge in [-0.1, -0.05) is 13.8 Å². The highest BCUT2D eigenvalue weighted by Crippen LogP contribution is 2.68. The molecule has 5 rings (SSSR count). The van der Waals surface area contributed by atoms with Gasteiger partial charge in [0, 0.05) is 11.3 Å². The quantitative estimate of drug-likeness (QED) is 0.166. The van der Waals surface area contributed by atoms with E-state index in [1.807, 2.05) is 13.8 Å². The van der Waals surface area contributed by atoms with Crippen LogP contribution in [0.25, 0.3) is 0 Å². The van der Waals surface area contributed by atoms with Crippen LogP contribution in [-0.4, -0.2) is 124 Å². The summed E-state index contributed by atoms with van der Waals surface area (Å²) in [5.41, 5.74) is -4.89. The summed E-state index contributed by atoms with van der Waals surface area (Å²) in [6.45, 7) is 8.16. The maximum absolute atomic E-state index is 13.9. The zero-order valence-corrected chi connectivity index (χ0v) is 27.0. The van der Waals surface area contributed by atoms with Crippen molar-refractivity contribution in [3.8, 4) is 0 Å². The molecule has 0 amide bonds. The minimum Gasteiger partial charge on any atom is -0.394 e. The lowest BCUT2D eigenvalue weighted by Gasteiger charge is -2.61. The first-order valence-electron chi connectivity index (χ1n) is 16.5. The van der Waals surface area contributed by atoms with Gasteiger partial charge in [0.15, 0.2) is 12.1 Å². The third kappa shape index (κ3) is 5.65. The lowest BCUT2D eigenvalue weighted by Crippen LogP contribution is -2.64. The van der Waals surface area contributed by atoms with Crippen LogP contribution in [0, 0.1) is 28.6 Å². The van der Waals surface area contributed by atoms with Crippen LogP contribution in [0.4, 0.5) is 0 Å². The molecule has 4 fully saturated rings. The van der Waals surface area contributed by atoms with E-state index in [4.69, 9.17) is 9.47 Å². The highest BCUT2D eigenvalue weighted by molar-refractivity contribution is 5.95. The standard InChI is InChI=1S/C33H54O12/c1-29(2,41)9-8-24(37)32(5,42)23-7-11-33(43)17-12-19(35)18-13-21(44-28-27(40)26(39)25(38)22(15-34)45-28)20(36)14-30(18,3)16(17)6-10-31(23,33)4/h12,16,18,20-28,34,36-43H,6-11,13-15H2,1-5H3/t16?,18-,20-,21-,22+,23-,24?,25-,26-,27+,28?,30+,31+,32+,33+/m0/s1. The third-order valence-corrected chi connectivity index (χ3v) is 12.7. The van der Waals surface area contributed by atoms with E-state index in [1.165, 1.54) is 0 Å². The Kier molecular flexibility index (Phi) is 9.28. The van der Waals surface area contributed by atoms with Gasteiger partial charge < -0.3 is 55.4 Å². The molecule has 15 atom stereocenters. The fraction of sp³-hybridized carbons (Fsp3) is 0.909. The summed E-state index contributed by atoms with van der Waals surface area (Å²) < 4.78 is 11.4. The first kappa shape index (κ1) is 35.3. The van der Waals surface area contributed by atoms with Gasteiger partial charge in [0.1, 0.15) is 24.4 Å². The Bertz CT molecular complexity index is 1150. The molecule has 0 aromatic carbocycles. The molecule has 0 radical (unpaired) electrons. The van der Waals surface area contributed by atoms with Crippen molar-refractivity contribution in [2.24, 2.45) is 28.6 Å². The fourth-order valence-electron chi connectivity index (χ4n) is 9.81. The van der Waals surface area contributed by atoms with Crippen LogP contribution in [0.15, 0.2) is 11.6 Å². The Labute approximate surface area is 264 Å². The van der Waals surface area contributed by atoms with Gasteiger partial charge in [-0.15, -0.1) is 0 Å². The Morgan fingerprint density at radius 2 is 1.69 bits per heavy atom. The SMILES string of the molecule is CC(C)(O)CCC(O)[C@](C)(O)[C@H]1CC[C@@]2(O)C3=CC(=O)[C@@H]4C[C@H](OC5O[C@H](CO)[C@H](O)[C@H](O)[C@H]5O)[C@@H](O)C[C@]4(C)C3CC[C@]12C. The van der Waals surface area contributed by atoms with Gasteiger partial charge in [0.05, 0.1) is 41.7 Å². The van der Waals surface area contributed by atoms with E-state index in [2.05, 4.69) is 0 Å². The summed E-state index contributed by atoms with van der Waals surface area (Å²) in [7, 11) is 0. The highest BCUT2D eigenvalue weighted by Gasteiger charge is 2.69. The van der Waals surface area contributed by atoms with Crippen molar-refractivity contribution in [2.45, 2.75) is 152 Å². The second-order valence-corrected chi connectivity index (χ2v) is 16.0. The minimum atomic E-state index is -1.64. The molecule has 3 saturated carbocycles. The number of hydrogen-bond acceptors (Lipinski definition) is 12. The largest absolute Gasteiger partial charge is 0.394 e. The van der Waals surface area contributed by atoms with Crippen molar-refractivity contribution < 1.29 is 60.2 Å². The zero-order chi connectivity index (χ0) is 33.5. The summed E-state index contributed by atoms with van der Waals surface area (Å²) in [5.74, 6) is -1.48. The van der Waals surface area contributed by atoms with Gasteiger partial charge >= 0.3 is 0 Å². The van der Waals surface area contributed by atoms with Gasteiger partial charge in [-0.25, -0.2) is 0 Å². The van der Waals surface area contributed by atoms with Crippen LogP contribution in [0.2, 0.25) is 0 Å². The molecular weight excluding hydrogens is 588 g/mol. The molecule has 45 heavy (non-hydrogen) atoms. The van der Waals surface area contributed by atoms with Gasteiger partial charge in [0.2, 0.25) is 0 Å². The van der Waals surface area contributed by atoms with Gasteiger partial charge in [-0.3, -0.25) is 4.79 Å². The molecule has 0 bridgehead atoms. The van der Waals surface area contributed by atoms with E-state index < -0.39 is 95.1 Å². The van der Waals surface area contributed by atoms with Crippen LogP contribution in [0.1, 0.15) is 86.0 Å². The van der Waals surface area contributed by atoms with Gasteiger partial charge in [0.25, 0.3) is 0 Å². The van der Waals surface area contributed by atoms with Crippen molar-refractivity contribution in [3.05, 3.63) is 11.6 Å². The predicted octanol–water partition coefficient (Wildman–Crippen LogP) is -0.322. The van der Waals surface area contributed by atoms with Crippen molar-refractivity contribution in [1.29, 1.82) is 0 Å². The Balaban J connectivity index is 1.37. The molecule has 0 spiro atoms. The molecule has 0 aromatic rings. The van der Waals surface area contributed by atoms with Crippen molar-refractivity contribution in [2.75, 3.05) is 6.61 Å². The van der Waals surface area contributed by atoms with E-state index in [0.29, 0.717) is 37.7 Å². The molecule has 1 heterocycles. The molecular formula is C33H54O12. The molecule has 1 saturated heterocycles. The number of ether oxygens (including phenoxy) is 2. The van der Waals surface area contributed by atoms with Crippen molar-refractivity contribution in [1.82, 2.24) is 0 Å². The number of rotatable bonds is 8. The number of carbonyl (C=O) groups excluding carboxylic acids is 1. The van der Waals surface area contributed by atoms with E-state index in [1.54, 1.807) is 26.8 Å². The number of hydrogen-bond donors (Lipinski definition) is 9. The van der Waals surface area contributed by atoms with Gasteiger partial charge in [-0.2, -0.15) is 0 Å². The molecule has 0 aromatic heterocycles. The lowest BCUT2D eigenvalue weighted by atomic mass is 9.45. The van der Waals surface area contributed by atoms with Crippen molar-refractivity contribution in [3.63, 3.8) is 0 Å². The van der Waals surface area contributed by atoms with E-state index in [9.17, 15) is 50.8 Å². The molecule has 5 aliphatic rings. The van der Waals surface area contributed by atoms with Crippen LogP contribution in [0.5, 0.6) is 0 Å². The second kappa shape index (κ2) is 11.8. The maximum atomic E-state index is 13.9. The third-order valence-electron chi connectivity index (χ3n) is 12.7.